The van der Waals surface area contributed by atoms with Gasteiger partial charge in [0.15, 0.2) is 0 Å². The number of benzene rings is 1. The number of H-pyrrole nitrogens is 2. The molecule has 44 heavy (non-hydrogen) atoms. The zero-order chi connectivity index (χ0) is 29.9. The summed E-state index contributed by atoms with van der Waals surface area (Å²) in [6.45, 7) is 7.25. The largest absolute Gasteiger partial charge is 0.367 e. The summed E-state index contributed by atoms with van der Waals surface area (Å²) in [4.78, 5) is 6.84. The minimum atomic E-state index is -0.503. The highest BCUT2D eigenvalue weighted by Gasteiger charge is 2.69. The van der Waals surface area contributed by atoms with E-state index in [0.717, 1.165) is 41.7 Å². The molecule has 1 atom stereocenters. The molecule has 0 saturated heterocycles. The van der Waals surface area contributed by atoms with Crippen LogP contribution in [0.1, 0.15) is 115 Å². The first-order valence-electron chi connectivity index (χ1n) is 18.1. The van der Waals surface area contributed by atoms with Crippen molar-refractivity contribution in [3.63, 3.8) is 0 Å². The van der Waals surface area contributed by atoms with Crippen molar-refractivity contribution in [3.05, 3.63) is 71.8 Å². The summed E-state index contributed by atoms with van der Waals surface area (Å²) in [7, 11) is 3.37. The third-order valence-electron chi connectivity index (χ3n) is 14.3. The average Bonchev–Trinajstić information content (AvgIpc) is 3.69. The minimum Gasteiger partial charge on any atom is -0.367 e. The Morgan fingerprint density at radius 3 is 1.48 bits per heavy atom. The predicted octanol–water partition coefficient (Wildman–Crippen LogP) is 9.78. The van der Waals surface area contributed by atoms with Crippen LogP contribution in [0, 0.1) is 46.3 Å². The first-order chi connectivity index (χ1) is 21.1. The van der Waals surface area contributed by atoms with Crippen molar-refractivity contribution in [1.82, 2.24) is 9.97 Å². The fraction of sp³-hybridized carbons (Fsp3) is 0.650. The van der Waals surface area contributed by atoms with Crippen LogP contribution in [0.2, 0.25) is 0 Å². The fourth-order valence-electron chi connectivity index (χ4n) is 13.4. The maximum Gasteiger partial charge on any atom is 0.0213 e. The van der Waals surface area contributed by atoms with Crippen molar-refractivity contribution >= 4 is 27.8 Å². The molecule has 1 aromatic carbocycles. The van der Waals surface area contributed by atoms with E-state index in [4.69, 9.17) is 0 Å². The van der Waals surface area contributed by atoms with Crippen LogP contribution >= 0.6 is 17.2 Å². The maximum absolute atomic E-state index is 3.88. The third-order valence-corrected chi connectivity index (χ3v) is 18.3. The van der Waals surface area contributed by atoms with E-state index in [0.29, 0.717) is 10.8 Å². The number of hydrogen-bond donors (Lipinski definition) is 2. The van der Waals surface area contributed by atoms with Gasteiger partial charge in [-0.05, 0) is 176 Å². The Bertz CT molecular complexity index is 1360. The minimum absolute atomic E-state index is 0.142. The molecule has 8 fully saturated rings. The topological polar surface area (TPSA) is 31.6 Å². The lowest BCUT2D eigenvalue weighted by molar-refractivity contribution is -0.158. The maximum atomic E-state index is 3.88. The molecular weight excluding hydrogens is 570 g/mol. The lowest BCUT2D eigenvalue weighted by atomic mass is 9.37. The normalized spacial score (nSPS) is 38.5. The summed E-state index contributed by atoms with van der Waals surface area (Å²) < 4.78 is 0. The van der Waals surface area contributed by atoms with E-state index in [9.17, 15) is 0 Å². The molecule has 0 aliphatic heterocycles. The molecule has 0 radical (unpaired) electrons. The monoisotopic (exact) mass is 624 g/mol. The van der Waals surface area contributed by atoms with Gasteiger partial charge in [-0.1, -0.05) is 39.0 Å². The third kappa shape index (κ3) is 4.32. The first-order valence-corrected chi connectivity index (χ1v) is 20.2. The van der Waals surface area contributed by atoms with E-state index >= 15 is 0 Å². The summed E-state index contributed by atoms with van der Waals surface area (Å²) in [5.74, 6) is 5.86. The fourth-order valence-corrected chi connectivity index (χ4v) is 16.6. The van der Waals surface area contributed by atoms with Crippen LogP contribution in [0.5, 0.6) is 0 Å². The Morgan fingerprint density at radius 1 is 0.682 bits per heavy atom. The molecular formula is C40H54N2P2. The van der Waals surface area contributed by atoms with Gasteiger partial charge in [0.1, 0.15) is 0 Å². The molecule has 234 valence electrons. The summed E-state index contributed by atoms with van der Waals surface area (Å²) in [5.41, 5.74) is 5.98. The smallest absolute Gasteiger partial charge is 0.0213 e. The van der Waals surface area contributed by atoms with Gasteiger partial charge < -0.3 is 9.97 Å². The van der Waals surface area contributed by atoms with Gasteiger partial charge in [0.2, 0.25) is 0 Å². The van der Waals surface area contributed by atoms with E-state index in [1.807, 2.05) is 0 Å². The SMILES string of the molecule is CC(C)(C)c1ccc(C(P)(C23CC4CC(CC(C4)C2)C3)C23CC4CC(CC(C4)C2)C3)c(CP(c2cc[nH]c2)c2cc[nH]c2)c1. The summed E-state index contributed by atoms with van der Waals surface area (Å²) in [6, 6.07) is 12.7. The lowest BCUT2D eigenvalue weighted by Crippen LogP contribution is -2.64. The summed E-state index contributed by atoms with van der Waals surface area (Å²) in [6.07, 6.45) is 28.1. The second-order valence-electron chi connectivity index (χ2n) is 18.1. The second kappa shape index (κ2) is 10.1. The molecule has 8 aliphatic carbocycles. The van der Waals surface area contributed by atoms with Crippen LogP contribution in [-0.2, 0) is 16.7 Å². The van der Waals surface area contributed by atoms with Gasteiger partial charge in [0.25, 0.3) is 0 Å². The van der Waals surface area contributed by atoms with Gasteiger partial charge in [0.05, 0.1) is 0 Å². The standard InChI is InChI=1S/C40H54N2P2/c1-37(2,3)33-4-5-36(32(16-33)25-44(34-6-8-41-23-34)35-7-9-42-24-35)40(43,38-17-26-10-27(18-38)12-28(11-26)19-38)39-20-29-13-30(21-39)15-31(14-29)22-39/h4-9,16,23-24,26-31,41-42H,10-15,17-22,25,43H2,1-3H3. The molecule has 2 N–H and O–H groups in total. The van der Waals surface area contributed by atoms with Crippen LogP contribution in [0.4, 0.5) is 0 Å². The van der Waals surface area contributed by atoms with Crippen LogP contribution in [0.15, 0.2) is 55.1 Å². The van der Waals surface area contributed by atoms with Gasteiger partial charge in [-0.2, -0.15) is 0 Å². The zero-order valence-electron chi connectivity index (χ0n) is 27.4. The number of hydrogen-bond acceptors (Lipinski definition) is 0. The van der Waals surface area contributed by atoms with Crippen molar-refractivity contribution in [3.8, 4) is 0 Å². The highest BCUT2D eigenvalue weighted by atomic mass is 31.1. The molecule has 1 unspecified atom stereocenters. The Labute approximate surface area is 269 Å². The first kappa shape index (κ1) is 28.8. The highest BCUT2D eigenvalue weighted by Crippen LogP contribution is 2.78. The Hall–Kier alpha value is -1.36. The molecule has 4 heteroatoms. The summed E-state index contributed by atoms with van der Waals surface area (Å²) in [5, 5.41) is 3.13. The zero-order valence-corrected chi connectivity index (χ0v) is 29.4. The number of aromatic nitrogens is 2. The Balaban J connectivity index is 1.26. The van der Waals surface area contributed by atoms with Gasteiger partial charge in [0, 0.05) is 36.1 Å². The quantitative estimate of drug-likeness (QED) is 0.245. The summed E-state index contributed by atoms with van der Waals surface area (Å²) >= 11 is 0. The predicted molar refractivity (Wildman–Crippen MR) is 189 cm³/mol. The number of rotatable bonds is 7. The number of nitrogens with one attached hydrogen (secondary N) is 2. The molecule has 8 bridgehead atoms. The molecule has 2 heterocycles. The Morgan fingerprint density at radius 2 is 1.11 bits per heavy atom. The molecule has 0 spiro atoms. The van der Waals surface area contributed by atoms with Gasteiger partial charge >= 0.3 is 0 Å². The number of aromatic amines is 2. The molecule has 8 saturated carbocycles. The molecule has 0 amide bonds. The van der Waals surface area contributed by atoms with E-state index < -0.39 is 7.92 Å². The van der Waals surface area contributed by atoms with Crippen LogP contribution in [-0.4, -0.2) is 9.97 Å². The van der Waals surface area contributed by atoms with Gasteiger partial charge in [-0.3, -0.25) is 0 Å². The molecule has 2 nitrogen and oxygen atoms in total. The highest BCUT2D eigenvalue weighted by molar-refractivity contribution is 7.72. The van der Waals surface area contributed by atoms with Crippen molar-refractivity contribution in [2.75, 3.05) is 0 Å². The Kier molecular flexibility index (Phi) is 6.60. The molecule has 11 rings (SSSR count). The molecule has 3 aromatic rings. The van der Waals surface area contributed by atoms with Crippen molar-refractivity contribution in [1.29, 1.82) is 0 Å². The van der Waals surface area contributed by atoms with Crippen LogP contribution in [0.3, 0.4) is 0 Å². The van der Waals surface area contributed by atoms with E-state index in [2.05, 4.69) is 95.1 Å². The van der Waals surface area contributed by atoms with Crippen LogP contribution < -0.4 is 10.6 Å². The van der Waals surface area contributed by atoms with Gasteiger partial charge in [-0.15, -0.1) is 9.24 Å². The lowest BCUT2D eigenvalue weighted by Gasteiger charge is -2.72. The molecule has 2 aromatic heterocycles. The van der Waals surface area contributed by atoms with E-state index in [1.165, 1.54) is 93.2 Å². The van der Waals surface area contributed by atoms with Crippen LogP contribution in [0.25, 0.3) is 0 Å². The van der Waals surface area contributed by atoms with Crippen molar-refractivity contribution in [2.45, 2.75) is 115 Å². The van der Waals surface area contributed by atoms with E-state index in [1.54, 1.807) is 11.1 Å². The second-order valence-corrected chi connectivity index (χ2v) is 21.1. The van der Waals surface area contributed by atoms with Crippen molar-refractivity contribution < 1.29 is 0 Å². The van der Waals surface area contributed by atoms with Gasteiger partial charge in [-0.25, -0.2) is 0 Å². The average molecular weight is 625 g/mol. The van der Waals surface area contributed by atoms with E-state index in [-0.39, 0.29) is 10.6 Å². The van der Waals surface area contributed by atoms with Crippen molar-refractivity contribution in [2.24, 2.45) is 46.3 Å². The molecule has 8 aliphatic rings.